The van der Waals surface area contributed by atoms with Gasteiger partial charge < -0.3 is 14.7 Å². The molecule has 3 rings (SSSR count). The van der Waals surface area contributed by atoms with Crippen molar-refractivity contribution in [3.05, 3.63) is 60.2 Å². The summed E-state index contributed by atoms with van der Waals surface area (Å²) in [6.07, 6.45) is 3.07. The average molecular weight is 330 g/mol. The molecule has 2 aromatic rings. The van der Waals surface area contributed by atoms with Gasteiger partial charge in [-0.05, 0) is 31.2 Å². The van der Waals surface area contributed by atoms with E-state index in [-0.39, 0.29) is 12.5 Å². The summed E-state index contributed by atoms with van der Waals surface area (Å²) in [5, 5.41) is 10.7. The van der Waals surface area contributed by atoms with Crippen molar-refractivity contribution in [3.63, 3.8) is 0 Å². The molecule has 2 atom stereocenters. The normalized spacial score (nSPS) is 23.8. The van der Waals surface area contributed by atoms with Gasteiger partial charge in [0.2, 0.25) is 0 Å². The number of carbonyl (C=O) groups excluding carboxylic acids is 1. The molecule has 2 heterocycles. The molecule has 126 valence electrons. The average Bonchev–Trinajstić information content (AvgIpc) is 2.56. The van der Waals surface area contributed by atoms with Crippen LogP contribution in [0.3, 0.4) is 0 Å². The summed E-state index contributed by atoms with van der Waals surface area (Å²) in [5.41, 5.74) is -0.696. The largest absolute Gasteiger partial charge is 0.487 e. The first-order valence-corrected chi connectivity index (χ1v) is 7.79. The molecule has 1 aliphatic rings. The highest BCUT2D eigenvalue weighted by Gasteiger charge is 2.41. The molecule has 0 saturated carbocycles. The second kappa shape index (κ2) is 6.57. The first kappa shape index (κ1) is 16.4. The lowest BCUT2D eigenvalue weighted by Crippen LogP contribution is -2.58. The van der Waals surface area contributed by atoms with Crippen LogP contribution in [0.2, 0.25) is 0 Å². The Kier molecular flexibility index (Phi) is 4.49. The van der Waals surface area contributed by atoms with Gasteiger partial charge in [0.1, 0.15) is 23.3 Å². The number of carbonyl (C=O) groups is 1. The third kappa shape index (κ3) is 3.54. The predicted octanol–water partition coefficient (Wildman–Crippen LogP) is 2.27. The van der Waals surface area contributed by atoms with Crippen molar-refractivity contribution in [3.8, 4) is 5.75 Å². The summed E-state index contributed by atoms with van der Waals surface area (Å²) < 4.78 is 19.0. The van der Waals surface area contributed by atoms with Crippen LogP contribution in [0.1, 0.15) is 23.7 Å². The Morgan fingerprint density at radius 2 is 2.12 bits per heavy atom. The van der Waals surface area contributed by atoms with Crippen LogP contribution in [-0.4, -0.2) is 45.7 Å². The number of aromatic nitrogens is 1. The molecule has 6 heteroatoms. The van der Waals surface area contributed by atoms with Gasteiger partial charge >= 0.3 is 0 Å². The van der Waals surface area contributed by atoms with Gasteiger partial charge in [-0.1, -0.05) is 6.07 Å². The number of nitrogens with zero attached hydrogens (tertiary/aromatic N) is 2. The van der Waals surface area contributed by atoms with Crippen molar-refractivity contribution in [2.24, 2.45) is 0 Å². The van der Waals surface area contributed by atoms with E-state index in [1.807, 2.05) is 0 Å². The van der Waals surface area contributed by atoms with Gasteiger partial charge in [-0.25, -0.2) is 4.39 Å². The van der Waals surface area contributed by atoms with Crippen LogP contribution >= 0.6 is 0 Å². The highest BCUT2D eigenvalue weighted by atomic mass is 19.1. The van der Waals surface area contributed by atoms with E-state index in [1.165, 1.54) is 12.1 Å². The monoisotopic (exact) mass is 330 g/mol. The summed E-state index contributed by atoms with van der Waals surface area (Å²) in [4.78, 5) is 18.0. The number of likely N-dealkylation sites (tertiary alicyclic amines) is 1. The van der Waals surface area contributed by atoms with Crippen LogP contribution in [0.5, 0.6) is 5.75 Å². The van der Waals surface area contributed by atoms with Crippen molar-refractivity contribution < 1.29 is 19.0 Å². The molecule has 1 N–H and O–H groups in total. The molecule has 1 saturated heterocycles. The Hall–Kier alpha value is -2.47. The molecule has 1 aromatic carbocycles. The number of pyridine rings is 1. The van der Waals surface area contributed by atoms with Gasteiger partial charge in [0.25, 0.3) is 5.91 Å². The zero-order valence-electron chi connectivity index (χ0n) is 13.4. The number of aliphatic hydroxyl groups is 1. The molecule has 5 nitrogen and oxygen atoms in total. The summed E-state index contributed by atoms with van der Waals surface area (Å²) >= 11 is 0. The number of β-amino-alcohol motifs (C(OH)–C–C–N with tert-alkyl or cyclic N) is 1. The maximum atomic E-state index is 13.3. The lowest BCUT2D eigenvalue weighted by molar-refractivity contribution is -0.0900. The summed E-state index contributed by atoms with van der Waals surface area (Å²) in [7, 11) is 0. The van der Waals surface area contributed by atoms with E-state index in [4.69, 9.17) is 4.74 Å². The Labute approximate surface area is 139 Å². The van der Waals surface area contributed by atoms with Crippen LogP contribution in [0, 0.1) is 5.82 Å². The van der Waals surface area contributed by atoms with E-state index in [9.17, 15) is 14.3 Å². The number of hydrogen-bond donors (Lipinski definition) is 1. The molecule has 1 fully saturated rings. The van der Waals surface area contributed by atoms with Gasteiger partial charge in [-0.2, -0.15) is 0 Å². The maximum absolute atomic E-state index is 13.3. The second-order valence-corrected chi connectivity index (χ2v) is 6.17. The van der Waals surface area contributed by atoms with Crippen LogP contribution in [-0.2, 0) is 0 Å². The third-order valence-electron chi connectivity index (χ3n) is 4.15. The van der Waals surface area contributed by atoms with Crippen molar-refractivity contribution in [2.75, 3.05) is 13.1 Å². The maximum Gasteiger partial charge on any atom is 0.254 e. The lowest BCUT2D eigenvalue weighted by atomic mass is 9.91. The Morgan fingerprint density at radius 1 is 1.38 bits per heavy atom. The van der Waals surface area contributed by atoms with Crippen molar-refractivity contribution in [2.45, 2.75) is 25.0 Å². The molecule has 1 aromatic heterocycles. The molecular formula is C18H19FN2O3. The van der Waals surface area contributed by atoms with Crippen LogP contribution < -0.4 is 4.74 Å². The molecule has 24 heavy (non-hydrogen) atoms. The Balaban J connectivity index is 1.69. The molecule has 0 aliphatic carbocycles. The first-order chi connectivity index (χ1) is 11.5. The van der Waals surface area contributed by atoms with Crippen LogP contribution in [0.4, 0.5) is 4.39 Å². The fourth-order valence-electron chi connectivity index (χ4n) is 2.89. The van der Waals surface area contributed by atoms with Gasteiger partial charge in [0.05, 0.1) is 6.54 Å². The number of halogens is 1. The van der Waals surface area contributed by atoms with Crippen molar-refractivity contribution >= 4 is 5.91 Å². The highest BCUT2D eigenvalue weighted by molar-refractivity contribution is 5.94. The number of piperidine rings is 1. The predicted molar refractivity (Wildman–Crippen MR) is 86.2 cm³/mol. The quantitative estimate of drug-likeness (QED) is 0.938. The van der Waals surface area contributed by atoms with Gasteiger partial charge in [0.15, 0.2) is 0 Å². The molecule has 0 bridgehead atoms. The van der Waals surface area contributed by atoms with Crippen molar-refractivity contribution in [1.82, 2.24) is 9.88 Å². The zero-order valence-corrected chi connectivity index (χ0v) is 13.4. The van der Waals surface area contributed by atoms with Crippen LogP contribution in [0.15, 0.2) is 48.8 Å². The Bertz CT molecular complexity index is 721. The Morgan fingerprint density at radius 3 is 2.79 bits per heavy atom. The van der Waals surface area contributed by atoms with Gasteiger partial charge in [-0.3, -0.25) is 9.78 Å². The zero-order chi connectivity index (χ0) is 17.2. The number of amides is 1. The fourth-order valence-corrected chi connectivity index (χ4v) is 2.89. The summed E-state index contributed by atoms with van der Waals surface area (Å²) in [6, 6.07) is 9.11. The highest BCUT2D eigenvalue weighted by Crippen LogP contribution is 2.27. The third-order valence-corrected chi connectivity index (χ3v) is 4.15. The van der Waals surface area contributed by atoms with E-state index < -0.39 is 17.5 Å². The van der Waals surface area contributed by atoms with E-state index >= 15 is 0 Å². The summed E-state index contributed by atoms with van der Waals surface area (Å²) in [6.45, 7) is 2.23. The van der Waals surface area contributed by atoms with Crippen LogP contribution in [0.25, 0.3) is 0 Å². The van der Waals surface area contributed by atoms with Gasteiger partial charge in [-0.15, -0.1) is 0 Å². The minimum Gasteiger partial charge on any atom is -0.487 e. The van der Waals surface area contributed by atoms with E-state index in [1.54, 1.807) is 48.5 Å². The molecule has 1 amide bonds. The van der Waals surface area contributed by atoms with Crippen molar-refractivity contribution in [1.29, 1.82) is 0 Å². The summed E-state index contributed by atoms with van der Waals surface area (Å²) in [5.74, 6) is -0.173. The number of ether oxygens (including phenoxy) is 1. The topological polar surface area (TPSA) is 62.7 Å². The SMILES string of the molecule is C[C@]1(O)CN(C(=O)c2ccncc2)CC[C@@H]1Oc1cccc(F)c1. The lowest BCUT2D eigenvalue weighted by Gasteiger charge is -2.42. The van der Waals surface area contributed by atoms with E-state index in [0.29, 0.717) is 24.3 Å². The number of hydrogen-bond acceptors (Lipinski definition) is 4. The standard InChI is InChI=1S/C18H19FN2O3/c1-18(23)12-21(17(22)13-5-8-20-9-6-13)10-7-16(18)24-15-4-2-3-14(19)11-15/h2-6,8-9,11,16,23H,7,10,12H2,1H3/t16-,18-/m0/s1. The van der Waals surface area contributed by atoms with E-state index in [0.717, 1.165) is 0 Å². The minimum atomic E-state index is -1.23. The molecule has 1 aliphatic heterocycles. The molecule has 0 spiro atoms. The smallest absolute Gasteiger partial charge is 0.254 e. The van der Waals surface area contributed by atoms with E-state index in [2.05, 4.69) is 4.98 Å². The van der Waals surface area contributed by atoms with Gasteiger partial charge in [0, 0.05) is 37.0 Å². The molecule has 0 unspecified atom stereocenters. The minimum absolute atomic E-state index is 0.147. The number of rotatable bonds is 3. The molecule has 0 radical (unpaired) electrons. The molecular weight excluding hydrogens is 311 g/mol. The second-order valence-electron chi connectivity index (χ2n) is 6.17. The number of benzene rings is 1. The fraction of sp³-hybridized carbons (Fsp3) is 0.333. The first-order valence-electron chi connectivity index (χ1n) is 7.79.